The Morgan fingerprint density at radius 2 is 2.11 bits per heavy atom. The molecule has 19 heavy (non-hydrogen) atoms. The van der Waals surface area contributed by atoms with Crippen LogP contribution in [0.1, 0.15) is 21.7 Å². The molecule has 0 spiro atoms. The van der Waals surface area contributed by atoms with Crippen LogP contribution >= 0.6 is 0 Å². The van der Waals surface area contributed by atoms with E-state index in [1.165, 1.54) is 4.68 Å². The van der Waals surface area contributed by atoms with Crippen LogP contribution in [0.15, 0.2) is 24.3 Å². The van der Waals surface area contributed by atoms with Crippen LogP contribution in [0.2, 0.25) is 0 Å². The highest BCUT2D eigenvalue weighted by Gasteiger charge is 2.14. The summed E-state index contributed by atoms with van der Waals surface area (Å²) in [5.41, 5.74) is 1.57. The molecule has 2 rings (SSSR count). The van der Waals surface area contributed by atoms with E-state index in [2.05, 4.69) is 10.3 Å². The Labute approximate surface area is 110 Å². The van der Waals surface area contributed by atoms with Crippen LogP contribution < -0.4 is 4.74 Å². The van der Waals surface area contributed by atoms with Gasteiger partial charge in [0.15, 0.2) is 5.69 Å². The van der Waals surface area contributed by atoms with E-state index in [-0.39, 0.29) is 5.69 Å². The molecule has 0 atom stereocenters. The third kappa shape index (κ3) is 2.90. The number of hydrogen-bond acceptors (Lipinski definition) is 4. The van der Waals surface area contributed by atoms with E-state index in [0.717, 1.165) is 11.3 Å². The highest BCUT2D eigenvalue weighted by Crippen LogP contribution is 2.16. The zero-order valence-electron chi connectivity index (χ0n) is 10.8. The average molecular weight is 261 g/mol. The van der Waals surface area contributed by atoms with Gasteiger partial charge in [-0.1, -0.05) is 23.4 Å². The highest BCUT2D eigenvalue weighted by atomic mass is 16.5. The van der Waals surface area contributed by atoms with E-state index in [4.69, 9.17) is 9.84 Å². The van der Waals surface area contributed by atoms with Gasteiger partial charge in [-0.2, -0.15) is 0 Å². The molecule has 100 valence electrons. The average Bonchev–Trinajstić information content (AvgIpc) is 2.74. The quantitative estimate of drug-likeness (QED) is 0.885. The van der Waals surface area contributed by atoms with Gasteiger partial charge in [0.1, 0.15) is 12.4 Å². The van der Waals surface area contributed by atoms with Gasteiger partial charge in [-0.05, 0) is 25.5 Å². The normalized spacial score (nSPS) is 10.4. The van der Waals surface area contributed by atoms with Gasteiger partial charge in [-0.25, -0.2) is 9.48 Å². The fraction of sp³-hybridized carbons (Fsp3) is 0.308. The number of carboxylic acid groups (broad SMARTS) is 1. The summed E-state index contributed by atoms with van der Waals surface area (Å²) in [5.74, 6) is -0.248. The second-order valence-electron chi connectivity index (χ2n) is 4.17. The van der Waals surface area contributed by atoms with Crippen LogP contribution in [-0.4, -0.2) is 32.7 Å². The minimum Gasteiger partial charge on any atom is -0.491 e. The van der Waals surface area contributed by atoms with E-state index in [1.54, 1.807) is 6.92 Å². The van der Waals surface area contributed by atoms with Crippen molar-refractivity contribution in [2.24, 2.45) is 0 Å². The molecule has 0 bridgehead atoms. The SMILES string of the molecule is Cc1ccccc1OCCn1nnc(C(=O)O)c1C. The van der Waals surface area contributed by atoms with E-state index < -0.39 is 5.97 Å². The second-order valence-corrected chi connectivity index (χ2v) is 4.17. The zero-order chi connectivity index (χ0) is 13.8. The number of aryl methyl sites for hydroxylation is 1. The predicted molar refractivity (Wildman–Crippen MR) is 68.4 cm³/mol. The molecule has 0 aliphatic rings. The highest BCUT2D eigenvalue weighted by molar-refractivity contribution is 5.86. The zero-order valence-corrected chi connectivity index (χ0v) is 10.8. The van der Waals surface area contributed by atoms with Gasteiger partial charge in [0.25, 0.3) is 0 Å². The predicted octanol–water partition coefficient (Wildman–Crippen LogP) is 1.67. The molecular weight excluding hydrogens is 246 g/mol. The number of carbonyl (C=O) groups is 1. The Morgan fingerprint density at radius 3 is 2.74 bits per heavy atom. The fourth-order valence-corrected chi connectivity index (χ4v) is 1.73. The Bertz CT molecular complexity index is 593. The van der Waals surface area contributed by atoms with E-state index in [9.17, 15) is 4.79 Å². The van der Waals surface area contributed by atoms with Gasteiger partial charge in [-0.3, -0.25) is 0 Å². The number of nitrogens with zero attached hydrogens (tertiary/aromatic N) is 3. The largest absolute Gasteiger partial charge is 0.491 e. The number of hydrogen-bond donors (Lipinski definition) is 1. The number of aromatic nitrogens is 3. The van der Waals surface area contributed by atoms with Crippen LogP contribution in [0.3, 0.4) is 0 Å². The molecule has 0 saturated carbocycles. The third-order valence-corrected chi connectivity index (χ3v) is 2.84. The van der Waals surface area contributed by atoms with E-state index >= 15 is 0 Å². The van der Waals surface area contributed by atoms with Crippen molar-refractivity contribution in [2.45, 2.75) is 20.4 Å². The van der Waals surface area contributed by atoms with Crippen LogP contribution in [-0.2, 0) is 6.54 Å². The maximum atomic E-state index is 10.8. The first-order valence-electron chi connectivity index (χ1n) is 5.91. The lowest BCUT2D eigenvalue weighted by Gasteiger charge is -2.09. The number of ether oxygens (including phenoxy) is 1. The molecule has 0 aliphatic carbocycles. The number of para-hydroxylation sites is 1. The molecule has 1 aromatic heterocycles. The van der Waals surface area contributed by atoms with Gasteiger partial charge in [0.05, 0.1) is 12.2 Å². The molecule has 2 aromatic rings. The summed E-state index contributed by atoms with van der Waals surface area (Å²) in [5, 5.41) is 16.3. The van der Waals surface area contributed by atoms with Crippen molar-refractivity contribution in [3.63, 3.8) is 0 Å². The summed E-state index contributed by atoms with van der Waals surface area (Å²) >= 11 is 0. The lowest BCUT2D eigenvalue weighted by atomic mass is 10.2. The van der Waals surface area contributed by atoms with Crippen molar-refractivity contribution in [3.05, 3.63) is 41.2 Å². The van der Waals surface area contributed by atoms with Crippen molar-refractivity contribution < 1.29 is 14.6 Å². The van der Waals surface area contributed by atoms with Gasteiger partial charge in [0, 0.05) is 0 Å². The minimum absolute atomic E-state index is 0.0177. The molecule has 0 amide bonds. The maximum Gasteiger partial charge on any atom is 0.358 e. The minimum atomic E-state index is -1.07. The molecule has 6 heteroatoms. The van der Waals surface area contributed by atoms with Gasteiger partial charge in [0.2, 0.25) is 0 Å². The molecule has 6 nitrogen and oxygen atoms in total. The number of aromatic carboxylic acids is 1. The summed E-state index contributed by atoms with van der Waals surface area (Å²) < 4.78 is 7.16. The lowest BCUT2D eigenvalue weighted by molar-refractivity contribution is 0.0689. The first-order chi connectivity index (χ1) is 9.09. The maximum absolute atomic E-state index is 10.8. The lowest BCUT2D eigenvalue weighted by Crippen LogP contribution is -2.12. The Balaban J connectivity index is 1.97. The molecular formula is C13H15N3O3. The molecule has 1 N–H and O–H groups in total. The molecule has 0 saturated heterocycles. The monoisotopic (exact) mass is 261 g/mol. The van der Waals surface area contributed by atoms with Crippen molar-refractivity contribution >= 4 is 5.97 Å². The summed E-state index contributed by atoms with van der Waals surface area (Å²) in [4.78, 5) is 10.8. The fourth-order valence-electron chi connectivity index (χ4n) is 1.73. The Morgan fingerprint density at radius 1 is 1.37 bits per heavy atom. The summed E-state index contributed by atoms with van der Waals surface area (Å²) in [6.45, 7) is 4.52. The van der Waals surface area contributed by atoms with Crippen molar-refractivity contribution in [2.75, 3.05) is 6.61 Å². The topological polar surface area (TPSA) is 77.2 Å². The Hall–Kier alpha value is -2.37. The number of benzene rings is 1. The smallest absolute Gasteiger partial charge is 0.358 e. The van der Waals surface area contributed by atoms with Crippen molar-refractivity contribution in [1.29, 1.82) is 0 Å². The van der Waals surface area contributed by atoms with E-state index in [1.807, 2.05) is 31.2 Å². The second kappa shape index (κ2) is 5.51. The third-order valence-electron chi connectivity index (χ3n) is 2.84. The molecule has 0 aliphatic heterocycles. The molecule has 0 radical (unpaired) electrons. The van der Waals surface area contributed by atoms with Gasteiger partial charge in [-0.15, -0.1) is 5.10 Å². The first kappa shape index (κ1) is 13.1. The molecule has 1 heterocycles. The summed E-state index contributed by atoms with van der Waals surface area (Å²) in [6, 6.07) is 7.72. The van der Waals surface area contributed by atoms with Crippen LogP contribution in [0.25, 0.3) is 0 Å². The van der Waals surface area contributed by atoms with Crippen molar-refractivity contribution in [1.82, 2.24) is 15.0 Å². The molecule has 1 aromatic carbocycles. The van der Waals surface area contributed by atoms with E-state index in [0.29, 0.717) is 18.8 Å². The van der Waals surface area contributed by atoms with Crippen LogP contribution in [0.4, 0.5) is 0 Å². The molecule has 0 unspecified atom stereocenters. The number of carboxylic acids is 1. The van der Waals surface area contributed by atoms with Crippen LogP contribution in [0.5, 0.6) is 5.75 Å². The van der Waals surface area contributed by atoms with Crippen molar-refractivity contribution in [3.8, 4) is 5.75 Å². The van der Waals surface area contributed by atoms with Gasteiger partial charge >= 0.3 is 5.97 Å². The first-order valence-corrected chi connectivity index (χ1v) is 5.91. The Kier molecular flexibility index (Phi) is 3.79. The van der Waals surface area contributed by atoms with Crippen LogP contribution in [0, 0.1) is 13.8 Å². The number of rotatable bonds is 5. The van der Waals surface area contributed by atoms with Gasteiger partial charge < -0.3 is 9.84 Å². The molecule has 0 fully saturated rings. The standard InChI is InChI=1S/C13H15N3O3/c1-9-5-3-4-6-11(9)19-8-7-16-10(2)12(13(17)18)14-15-16/h3-6H,7-8H2,1-2H3,(H,17,18). The summed E-state index contributed by atoms with van der Waals surface area (Å²) in [7, 11) is 0. The summed E-state index contributed by atoms with van der Waals surface area (Å²) in [6.07, 6.45) is 0.